The molecule has 0 aliphatic carbocycles. The van der Waals surface area contributed by atoms with Gasteiger partial charge in [-0.05, 0) is 92.6 Å². The van der Waals surface area contributed by atoms with Crippen molar-refractivity contribution >= 4 is 122 Å². The molecule has 0 unspecified atom stereocenters. The highest BCUT2D eigenvalue weighted by Gasteiger charge is 2.44. The number of hydrogen-bond acceptors (Lipinski definition) is 3. The first-order valence-corrected chi connectivity index (χ1v) is 19.0. The molecule has 2 aliphatic rings. The van der Waals surface area contributed by atoms with E-state index in [0.29, 0.717) is 0 Å². The van der Waals surface area contributed by atoms with Gasteiger partial charge in [0.05, 0.1) is 0 Å². The van der Waals surface area contributed by atoms with Crippen molar-refractivity contribution in [3.63, 3.8) is 0 Å². The van der Waals surface area contributed by atoms with Crippen LogP contribution in [0.3, 0.4) is 0 Å². The van der Waals surface area contributed by atoms with Crippen molar-refractivity contribution in [1.29, 1.82) is 0 Å². The largest absolute Gasteiger partial charge is 0.456 e. The van der Waals surface area contributed by atoms with Crippen LogP contribution in [0.1, 0.15) is 0 Å². The Morgan fingerprint density at radius 1 is 0.436 bits per heavy atom. The number of fused-ring (bicyclic) bond motifs is 17. The number of hydrogen-bond donors (Lipinski definition) is 0. The van der Waals surface area contributed by atoms with Crippen LogP contribution >= 0.6 is 0 Å². The quantitative estimate of drug-likeness (QED) is 0.160. The standard InChI is InChI=1S/C50H27BN2O2/c1-3-12-31-28(10-1)20-22-40-47(31)35-16-9-17-36-48-32-13-4-2-11-29(32)24-42-49(48)51(53(40)50(35)36)39-27-46-38(34-15-6-8-19-44(34)55-46)26-41(39)52(42)30-21-23-45-37(25-30)33-14-5-7-18-43(33)54-45/h1-27H. The molecule has 0 saturated carbocycles. The van der Waals surface area contributed by atoms with Crippen molar-refractivity contribution in [3.05, 3.63) is 164 Å². The Kier molecular flexibility index (Phi) is 5.06. The number of benzene rings is 9. The summed E-state index contributed by atoms with van der Waals surface area (Å²) in [5, 5.41) is 12.1. The molecular weight excluding hydrogens is 671 g/mol. The Hall–Kier alpha value is -7.24. The second kappa shape index (κ2) is 9.84. The zero-order valence-electron chi connectivity index (χ0n) is 29.4. The van der Waals surface area contributed by atoms with Crippen molar-refractivity contribution in [2.45, 2.75) is 0 Å². The highest BCUT2D eigenvalue weighted by Crippen LogP contribution is 2.50. The molecule has 2 aliphatic heterocycles. The van der Waals surface area contributed by atoms with Crippen LogP contribution in [0.4, 0.5) is 17.1 Å². The number of anilines is 3. The van der Waals surface area contributed by atoms with Gasteiger partial charge in [-0.2, -0.15) is 0 Å². The van der Waals surface area contributed by atoms with E-state index in [1.165, 1.54) is 71.1 Å². The highest BCUT2D eigenvalue weighted by molar-refractivity contribution is 6.90. The van der Waals surface area contributed by atoms with Crippen LogP contribution in [-0.2, 0) is 0 Å². The van der Waals surface area contributed by atoms with E-state index >= 15 is 0 Å². The molecule has 12 aromatic rings. The average Bonchev–Trinajstić information content (AvgIpc) is 3.91. The Labute approximate surface area is 314 Å². The van der Waals surface area contributed by atoms with E-state index in [0.717, 1.165) is 55.3 Å². The fourth-order valence-corrected chi connectivity index (χ4v) is 10.3. The summed E-state index contributed by atoms with van der Waals surface area (Å²) in [7, 11) is 0. The molecule has 5 heterocycles. The zero-order valence-corrected chi connectivity index (χ0v) is 29.4. The van der Waals surface area contributed by atoms with E-state index in [2.05, 4.69) is 167 Å². The van der Waals surface area contributed by atoms with Crippen LogP contribution in [0.5, 0.6) is 0 Å². The van der Waals surface area contributed by atoms with Gasteiger partial charge in [-0.15, -0.1) is 0 Å². The van der Waals surface area contributed by atoms with Gasteiger partial charge in [0.2, 0.25) is 0 Å². The minimum atomic E-state index is -0.104. The maximum Gasteiger partial charge on any atom is 0.333 e. The van der Waals surface area contributed by atoms with Crippen LogP contribution < -0.4 is 15.8 Å². The van der Waals surface area contributed by atoms with E-state index < -0.39 is 0 Å². The first-order chi connectivity index (χ1) is 27.3. The minimum Gasteiger partial charge on any atom is -0.456 e. The molecule has 0 atom stereocenters. The normalized spacial score (nSPS) is 13.4. The van der Waals surface area contributed by atoms with Crippen molar-refractivity contribution in [3.8, 4) is 11.1 Å². The SMILES string of the molecule is c1ccc2c3c4c(cc2c1)N(c1ccc2oc5ccccc5c2c1)c1cc2c(cc1B4n1c4ccc5ccccc5c4c4cccc-3c41)oc1ccccc12. The van der Waals surface area contributed by atoms with Crippen molar-refractivity contribution in [2.75, 3.05) is 4.90 Å². The molecule has 0 radical (unpaired) electrons. The Morgan fingerprint density at radius 3 is 1.95 bits per heavy atom. The number of furan rings is 2. The molecule has 252 valence electrons. The van der Waals surface area contributed by atoms with Gasteiger partial charge in [-0.25, -0.2) is 0 Å². The van der Waals surface area contributed by atoms with E-state index in [-0.39, 0.29) is 6.85 Å². The summed E-state index contributed by atoms with van der Waals surface area (Å²) in [6, 6.07) is 59.9. The molecule has 0 bridgehead atoms. The van der Waals surface area contributed by atoms with Crippen LogP contribution in [0.2, 0.25) is 0 Å². The van der Waals surface area contributed by atoms with E-state index in [9.17, 15) is 0 Å². The van der Waals surface area contributed by atoms with Gasteiger partial charge in [0.1, 0.15) is 22.3 Å². The summed E-state index contributed by atoms with van der Waals surface area (Å²) in [5.41, 5.74) is 14.6. The Morgan fingerprint density at radius 2 is 1.11 bits per heavy atom. The summed E-state index contributed by atoms with van der Waals surface area (Å²) in [4.78, 5) is 2.51. The van der Waals surface area contributed by atoms with E-state index in [1.54, 1.807) is 0 Å². The third-order valence-electron chi connectivity index (χ3n) is 12.5. The minimum absolute atomic E-state index is 0.104. The highest BCUT2D eigenvalue weighted by atomic mass is 16.3. The predicted octanol–water partition coefficient (Wildman–Crippen LogP) is 12.3. The lowest BCUT2D eigenvalue weighted by Gasteiger charge is -2.41. The topological polar surface area (TPSA) is 34.5 Å². The summed E-state index contributed by atoms with van der Waals surface area (Å²) < 4.78 is 15.7. The third-order valence-corrected chi connectivity index (χ3v) is 12.5. The van der Waals surface area contributed by atoms with Crippen molar-refractivity contribution in [2.24, 2.45) is 0 Å². The maximum atomic E-state index is 6.68. The van der Waals surface area contributed by atoms with Gasteiger partial charge in [-0.1, -0.05) is 109 Å². The maximum absolute atomic E-state index is 6.68. The van der Waals surface area contributed by atoms with Gasteiger partial charge in [0.15, 0.2) is 0 Å². The molecule has 0 amide bonds. The summed E-state index contributed by atoms with van der Waals surface area (Å²) >= 11 is 0. The van der Waals surface area contributed by atoms with Crippen LogP contribution in [-0.4, -0.2) is 11.3 Å². The van der Waals surface area contributed by atoms with Crippen LogP contribution in [0.15, 0.2) is 173 Å². The molecule has 14 rings (SSSR count). The molecule has 0 spiro atoms. The molecule has 5 heteroatoms. The molecule has 55 heavy (non-hydrogen) atoms. The Balaban J connectivity index is 1.19. The molecular formula is C50H27BN2O2. The zero-order chi connectivity index (χ0) is 35.5. The fraction of sp³-hybridized carbons (Fsp3) is 0. The Bertz CT molecular complexity index is 3700. The van der Waals surface area contributed by atoms with E-state index in [4.69, 9.17) is 8.83 Å². The lowest BCUT2D eigenvalue weighted by molar-refractivity contribution is 0.669. The fourth-order valence-electron chi connectivity index (χ4n) is 10.3. The molecule has 0 saturated heterocycles. The van der Waals surface area contributed by atoms with Crippen molar-refractivity contribution in [1.82, 2.24) is 4.48 Å². The predicted molar refractivity (Wildman–Crippen MR) is 230 cm³/mol. The third kappa shape index (κ3) is 3.45. The van der Waals surface area contributed by atoms with Gasteiger partial charge < -0.3 is 18.2 Å². The average molecular weight is 699 g/mol. The lowest BCUT2D eigenvalue weighted by atomic mass is 9.44. The van der Waals surface area contributed by atoms with Gasteiger partial charge in [0.25, 0.3) is 0 Å². The van der Waals surface area contributed by atoms with Crippen LogP contribution in [0.25, 0.3) is 98.4 Å². The summed E-state index contributed by atoms with van der Waals surface area (Å²) in [6.45, 7) is -0.104. The first kappa shape index (κ1) is 28.3. The van der Waals surface area contributed by atoms with Crippen molar-refractivity contribution < 1.29 is 8.83 Å². The first-order valence-electron chi connectivity index (χ1n) is 19.0. The molecule has 9 aromatic carbocycles. The summed E-state index contributed by atoms with van der Waals surface area (Å²) in [5.74, 6) is 0. The summed E-state index contributed by atoms with van der Waals surface area (Å²) in [6.07, 6.45) is 0. The molecule has 3 aromatic heterocycles. The smallest absolute Gasteiger partial charge is 0.333 e. The van der Waals surface area contributed by atoms with Gasteiger partial charge in [-0.3, -0.25) is 0 Å². The molecule has 4 nitrogen and oxygen atoms in total. The molecule has 0 fully saturated rings. The second-order valence-electron chi connectivity index (χ2n) is 15.2. The van der Waals surface area contributed by atoms with Gasteiger partial charge >= 0.3 is 6.85 Å². The number of nitrogens with zero attached hydrogens (tertiary/aromatic N) is 2. The molecule has 0 N–H and O–H groups in total. The van der Waals surface area contributed by atoms with E-state index in [1.807, 2.05) is 6.07 Å². The second-order valence-corrected chi connectivity index (χ2v) is 15.2. The van der Waals surface area contributed by atoms with Gasteiger partial charge in [0, 0.05) is 66.0 Å². The number of rotatable bonds is 1. The van der Waals surface area contributed by atoms with Crippen LogP contribution in [0, 0.1) is 0 Å². The number of para-hydroxylation sites is 3. The number of aromatic nitrogens is 1. The lowest BCUT2D eigenvalue weighted by Crippen LogP contribution is -2.56. The monoisotopic (exact) mass is 698 g/mol.